The van der Waals surface area contributed by atoms with Gasteiger partial charge in [0.05, 0.1) is 54.9 Å². The Morgan fingerprint density at radius 1 is 0.771 bits per heavy atom. The van der Waals surface area contributed by atoms with Crippen LogP contribution in [0.5, 0.6) is 0 Å². The van der Waals surface area contributed by atoms with Gasteiger partial charge < -0.3 is 74.7 Å². The summed E-state index contributed by atoms with van der Waals surface area (Å²) in [5.74, 6) is -5.18. The molecule has 0 radical (unpaired) electrons. The number of carbonyl (C=O) groups excluding carboxylic acids is 1. The van der Waals surface area contributed by atoms with Crippen molar-refractivity contribution in [1.82, 2.24) is 0 Å². The standard InChI is InChI=1S/C54H94O16/c1-12-26-53(65)51(63)31(5)17-15-14-16-18-38(28-32(6)55)20-22-41-34(8)49(36(10)54(69-41)27-25-30(4)48(70-54)33(7)39(56)13-2)67-42(58)23-19-29(3)44(59)35(9)45(60)50(46(61)47(62)52(53)64)68-43-24-21-40(57)37(11)66-43/h14-16,18-19,23,29-41,43-52,55-57,59-65H,12-13,17,20-22,24-28H2,1-11H3/b15-14+,18-16-,23-19+. The van der Waals surface area contributed by atoms with E-state index in [1.807, 2.05) is 52.0 Å². The highest BCUT2D eigenvalue weighted by Gasteiger charge is 2.57. The fourth-order valence-electron chi connectivity index (χ4n) is 11.5. The van der Waals surface area contributed by atoms with Gasteiger partial charge in [-0.05, 0) is 83.0 Å². The van der Waals surface area contributed by atoms with E-state index >= 15 is 0 Å². The molecule has 4 heterocycles. The highest BCUT2D eigenvalue weighted by Crippen LogP contribution is 2.50. The minimum absolute atomic E-state index is 0.0833. The maximum Gasteiger partial charge on any atom is 0.330 e. The SMILES string of the molecule is CCCC1(O)C(O)C(C)C/C=C/C=C\C(CC(C)O)CCC2OC3(CCC(C)C(C(C)C(O)CC)O3)C(C)C(OC(=O)/C=C/C(C)C(O)C(C)C(O)C(OC3CCC(O)C(C)O3)C(O)C(O)C1O)C2C. The molecule has 16 heteroatoms. The second-order valence-electron chi connectivity index (χ2n) is 22.1. The van der Waals surface area contributed by atoms with Crippen LogP contribution in [-0.2, 0) is 28.5 Å². The first-order valence-electron chi connectivity index (χ1n) is 26.6. The molecule has 4 aliphatic rings. The molecular weight excluding hydrogens is 905 g/mol. The van der Waals surface area contributed by atoms with Crippen molar-refractivity contribution >= 4 is 5.97 Å². The Morgan fingerprint density at radius 2 is 1.46 bits per heavy atom. The topological polar surface area (TPSA) is 266 Å². The lowest BCUT2D eigenvalue weighted by Gasteiger charge is -2.56. The van der Waals surface area contributed by atoms with Crippen molar-refractivity contribution in [3.05, 3.63) is 36.5 Å². The second kappa shape index (κ2) is 27.1. The molecule has 2 bridgehead atoms. The van der Waals surface area contributed by atoms with Crippen LogP contribution in [0.15, 0.2) is 36.5 Å². The third-order valence-electron chi connectivity index (χ3n) is 16.5. The maximum absolute atomic E-state index is 13.9. The number of hydrogen-bond donors (Lipinski definition) is 10. The van der Waals surface area contributed by atoms with Crippen molar-refractivity contribution in [2.45, 2.75) is 250 Å². The van der Waals surface area contributed by atoms with Crippen LogP contribution in [0.25, 0.3) is 0 Å². The molecule has 0 saturated carbocycles. The number of aliphatic hydroxyl groups excluding tert-OH is 9. The quantitative estimate of drug-likeness (QED) is 0.142. The summed E-state index contributed by atoms with van der Waals surface area (Å²) in [4.78, 5) is 13.9. The number of ether oxygens (including phenoxy) is 5. The molecule has 25 atom stereocenters. The molecule has 0 amide bonds. The predicted molar refractivity (Wildman–Crippen MR) is 263 cm³/mol. The maximum atomic E-state index is 13.9. The zero-order valence-corrected chi connectivity index (χ0v) is 43.9. The van der Waals surface area contributed by atoms with Crippen molar-refractivity contribution < 1.29 is 79.5 Å². The van der Waals surface area contributed by atoms with Gasteiger partial charge in [-0.15, -0.1) is 0 Å². The van der Waals surface area contributed by atoms with E-state index in [1.54, 1.807) is 34.6 Å². The number of allylic oxidation sites excluding steroid dienone is 4. The van der Waals surface area contributed by atoms with E-state index < -0.39 is 127 Å². The summed E-state index contributed by atoms with van der Waals surface area (Å²) < 4.78 is 32.4. The lowest BCUT2D eigenvalue weighted by Crippen LogP contribution is -2.63. The smallest absolute Gasteiger partial charge is 0.330 e. The summed E-state index contributed by atoms with van der Waals surface area (Å²) in [7, 11) is 0. The van der Waals surface area contributed by atoms with Gasteiger partial charge >= 0.3 is 5.97 Å². The molecule has 3 saturated heterocycles. The summed E-state index contributed by atoms with van der Waals surface area (Å²) in [5.41, 5.74) is -2.33. The van der Waals surface area contributed by atoms with E-state index in [-0.39, 0.29) is 61.9 Å². The first-order valence-corrected chi connectivity index (χ1v) is 26.6. The molecular formula is C54H94O16. The van der Waals surface area contributed by atoms with Crippen LogP contribution < -0.4 is 0 Å². The lowest BCUT2D eigenvalue weighted by atomic mass is 9.73. The number of rotatable bonds is 9. The van der Waals surface area contributed by atoms with Gasteiger partial charge in [-0.2, -0.15) is 0 Å². The Labute approximate surface area is 418 Å². The Kier molecular flexibility index (Phi) is 23.5. The average Bonchev–Trinajstić information content (AvgIpc) is 3.33. The number of hydrogen-bond acceptors (Lipinski definition) is 16. The van der Waals surface area contributed by atoms with Crippen molar-refractivity contribution in [3.63, 3.8) is 0 Å². The molecule has 0 aromatic rings. The fourth-order valence-corrected chi connectivity index (χ4v) is 11.5. The van der Waals surface area contributed by atoms with Crippen molar-refractivity contribution in [2.24, 2.45) is 47.3 Å². The van der Waals surface area contributed by atoms with Crippen LogP contribution in [0.3, 0.4) is 0 Å². The Morgan fingerprint density at radius 3 is 2.09 bits per heavy atom. The van der Waals surface area contributed by atoms with Crippen LogP contribution in [0.1, 0.15) is 147 Å². The predicted octanol–water partition coefficient (Wildman–Crippen LogP) is 4.60. The van der Waals surface area contributed by atoms with Gasteiger partial charge in [0.15, 0.2) is 12.1 Å². The van der Waals surface area contributed by atoms with E-state index in [0.717, 1.165) is 6.42 Å². The highest BCUT2D eigenvalue weighted by atomic mass is 16.7. The molecule has 16 nitrogen and oxygen atoms in total. The molecule has 3 fully saturated rings. The van der Waals surface area contributed by atoms with Gasteiger partial charge in [-0.1, -0.05) is 99.1 Å². The zero-order valence-electron chi connectivity index (χ0n) is 43.9. The van der Waals surface area contributed by atoms with Gasteiger partial charge in [-0.25, -0.2) is 4.79 Å². The zero-order chi connectivity index (χ0) is 52.4. The van der Waals surface area contributed by atoms with Crippen LogP contribution in [0.2, 0.25) is 0 Å². The summed E-state index contributed by atoms with van der Waals surface area (Å²) in [5, 5.41) is 115. The largest absolute Gasteiger partial charge is 0.458 e. The van der Waals surface area contributed by atoms with Crippen LogP contribution in [-0.4, -0.2) is 160 Å². The Bertz CT molecular complexity index is 1660. The molecule has 70 heavy (non-hydrogen) atoms. The molecule has 4 aliphatic heterocycles. The van der Waals surface area contributed by atoms with E-state index in [1.165, 1.54) is 19.1 Å². The third-order valence-corrected chi connectivity index (χ3v) is 16.5. The Balaban J connectivity index is 1.77. The van der Waals surface area contributed by atoms with Crippen molar-refractivity contribution in [2.75, 3.05) is 0 Å². The number of aliphatic hydroxyl groups is 10. The van der Waals surface area contributed by atoms with E-state index in [9.17, 15) is 55.9 Å². The monoisotopic (exact) mass is 999 g/mol. The molecule has 0 aromatic heterocycles. The van der Waals surface area contributed by atoms with Gasteiger partial charge in [0.1, 0.15) is 36.1 Å². The van der Waals surface area contributed by atoms with Crippen LogP contribution >= 0.6 is 0 Å². The molecule has 1 spiro atoms. The van der Waals surface area contributed by atoms with Crippen molar-refractivity contribution in [3.8, 4) is 0 Å². The molecule has 0 aromatic carbocycles. The Hall–Kier alpha value is -1.87. The summed E-state index contributed by atoms with van der Waals surface area (Å²) in [6.45, 7) is 20.0. The minimum atomic E-state index is -2.33. The van der Waals surface area contributed by atoms with Gasteiger partial charge in [0.25, 0.3) is 0 Å². The molecule has 0 aliphatic carbocycles. The normalized spacial score (nSPS) is 47.4. The summed E-state index contributed by atoms with van der Waals surface area (Å²) in [6.07, 6.45) is -3.50. The van der Waals surface area contributed by atoms with E-state index in [0.29, 0.717) is 32.1 Å². The highest BCUT2D eigenvalue weighted by molar-refractivity contribution is 5.82. The second-order valence-corrected chi connectivity index (χ2v) is 22.1. The number of carbonyl (C=O) groups is 1. The first kappa shape index (κ1) is 60.7. The van der Waals surface area contributed by atoms with Crippen LogP contribution in [0.4, 0.5) is 0 Å². The van der Waals surface area contributed by atoms with E-state index in [4.69, 9.17) is 23.7 Å². The fraction of sp³-hybridized carbons (Fsp3) is 0.870. The molecule has 25 unspecified atom stereocenters. The summed E-state index contributed by atoms with van der Waals surface area (Å²) in [6, 6.07) is 0. The molecule has 10 N–H and O–H groups in total. The average molecular weight is 999 g/mol. The van der Waals surface area contributed by atoms with E-state index in [2.05, 4.69) is 6.92 Å². The first-order chi connectivity index (χ1) is 32.8. The number of esters is 1. The van der Waals surface area contributed by atoms with Gasteiger partial charge in [0, 0.05) is 48.5 Å². The molecule has 4 rings (SSSR count). The number of fused-ring (bicyclic) bond motifs is 2. The van der Waals surface area contributed by atoms with Crippen molar-refractivity contribution in [1.29, 1.82) is 0 Å². The minimum Gasteiger partial charge on any atom is -0.458 e. The van der Waals surface area contributed by atoms with Gasteiger partial charge in [0.2, 0.25) is 0 Å². The third kappa shape index (κ3) is 14.9. The molecule has 406 valence electrons. The van der Waals surface area contributed by atoms with Gasteiger partial charge in [-0.3, -0.25) is 0 Å². The van der Waals surface area contributed by atoms with Crippen LogP contribution in [0, 0.1) is 47.3 Å². The lowest BCUT2D eigenvalue weighted by molar-refractivity contribution is -0.376. The summed E-state index contributed by atoms with van der Waals surface area (Å²) >= 11 is 0.